The lowest BCUT2D eigenvalue weighted by Crippen LogP contribution is -1.95. The summed E-state index contributed by atoms with van der Waals surface area (Å²) in [6, 6.07) is 24.5. The summed E-state index contributed by atoms with van der Waals surface area (Å²) < 4.78 is 2.19. The zero-order chi connectivity index (χ0) is 22.7. The molecule has 0 spiro atoms. The third-order valence-corrected chi connectivity index (χ3v) is 7.95. The van der Waals surface area contributed by atoms with Gasteiger partial charge in [-0.05, 0) is 93.1 Å². The van der Waals surface area contributed by atoms with E-state index >= 15 is 0 Å². The molecule has 0 N–H and O–H groups in total. The smallest absolute Gasteiger partial charge is 0.147 e. The first-order valence-electron chi connectivity index (χ1n) is 12.0. The van der Waals surface area contributed by atoms with E-state index in [-0.39, 0.29) is 0 Å². The lowest BCUT2D eigenvalue weighted by molar-refractivity contribution is 1.23. The fourth-order valence-corrected chi connectivity index (χ4v) is 6.49. The van der Waals surface area contributed by atoms with Crippen molar-refractivity contribution in [2.24, 2.45) is 0 Å². The molecule has 0 unspecified atom stereocenters. The second-order valence-electron chi connectivity index (χ2n) is 9.70. The van der Waals surface area contributed by atoms with Crippen LogP contribution in [0, 0.1) is 0 Å². The molecule has 2 aliphatic carbocycles. The monoisotopic (exact) mass is 446 g/mol. The Morgan fingerprint density at radius 3 is 2.63 bits per heavy atom. The quantitative estimate of drug-likeness (QED) is 0.243. The fraction of sp³-hybridized carbons (Fsp3) is 0.0645. The number of rotatable bonds is 0. The van der Waals surface area contributed by atoms with Gasteiger partial charge in [0.15, 0.2) is 0 Å². The fourth-order valence-electron chi connectivity index (χ4n) is 6.49. The molecule has 0 aliphatic heterocycles. The van der Waals surface area contributed by atoms with Gasteiger partial charge in [0, 0.05) is 23.2 Å². The molecule has 7 aromatic rings. The van der Waals surface area contributed by atoms with Gasteiger partial charge in [-0.2, -0.15) is 0 Å². The highest BCUT2D eigenvalue weighted by Crippen LogP contribution is 2.49. The Balaban J connectivity index is 1.41. The summed E-state index contributed by atoms with van der Waals surface area (Å²) >= 11 is 0. The maximum Gasteiger partial charge on any atom is 0.147 e. The van der Waals surface area contributed by atoms with Crippen LogP contribution >= 0.6 is 0 Å². The molecule has 2 aliphatic rings. The highest BCUT2D eigenvalue weighted by molar-refractivity contribution is 6.14. The third-order valence-electron chi connectivity index (χ3n) is 7.95. The van der Waals surface area contributed by atoms with E-state index in [0.29, 0.717) is 0 Å². The van der Waals surface area contributed by atoms with Gasteiger partial charge in [-0.15, -0.1) is 0 Å². The number of benzene rings is 3. The van der Waals surface area contributed by atoms with Crippen molar-refractivity contribution in [3.8, 4) is 22.3 Å². The van der Waals surface area contributed by atoms with E-state index in [1.807, 2.05) is 30.7 Å². The van der Waals surface area contributed by atoms with Crippen LogP contribution in [-0.4, -0.2) is 19.4 Å². The van der Waals surface area contributed by atoms with E-state index in [1.165, 1.54) is 49.9 Å². The van der Waals surface area contributed by atoms with Crippen LogP contribution in [-0.2, 0) is 12.8 Å². The molecule has 35 heavy (non-hydrogen) atoms. The molecule has 4 heterocycles. The molecule has 4 nitrogen and oxygen atoms in total. The molecule has 0 fully saturated rings. The predicted molar refractivity (Wildman–Crippen MR) is 140 cm³/mol. The number of fused-ring (bicyclic) bond motifs is 15. The van der Waals surface area contributed by atoms with Gasteiger partial charge < -0.3 is 0 Å². The Morgan fingerprint density at radius 2 is 1.63 bits per heavy atom. The van der Waals surface area contributed by atoms with Gasteiger partial charge in [0.25, 0.3) is 0 Å². The first-order valence-corrected chi connectivity index (χ1v) is 12.0. The van der Waals surface area contributed by atoms with Crippen molar-refractivity contribution in [3.05, 3.63) is 108 Å². The van der Waals surface area contributed by atoms with Gasteiger partial charge in [0.05, 0.1) is 11.7 Å². The van der Waals surface area contributed by atoms with Crippen LogP contribution in [0.5, 0.6) is 0 Å². The summed E-state index contributed by atoms with van der Waals surface area (Å²) in [5.74, 6) is 0. The molecule has 162 valence electrons. The summed E-state index contributed by atoms with van der Waals surface area (Å²) in [5, 5.41) is 3.53. The van der Waals surface area contributed by atoms with Gasteiger partial charge in [-0.25, -0.2) is 9.97 Å². The van der Waals surface area contributed by atoms with Gasteiger partial charge in [-0.1, -0.05) is 36.4 Å². The summed E-state index contributed by atoms with van der Waals surface area (Å²) in [6.45, 7) is 0. The zero-order valence-electron chi connectivity index (χ0n) is 18.8. The van der Waals surface area contributed by atoms with Crippen LogP contribution in [0.4, 0.5) is 0 Å². The molecular weight excluding hydrogens is 428 g/mol. The third kappa shape index (κ3) is 2.15. The molecule has 4 aromatic heterocycles. The van der Waals surface area contributed by atoms with Crippen LogP contribution in [0.2, 0.25) is 0 Å². The minimum Gasteiger partial charge on any atom is -0.276 e. The Hall–Kier alpha value is -4.57. The Labute approximate surface area is 200 Å². The number of imidazole rings is 1. The van der Waals surface area contributed by atoms with Crippen molar-refractivity contribution in [1.82, 2.24) is 19.4 Å². The van der Waals surface area contributed by atoms with Crippen LogP contribution in [0.3, 0.4) is 0 Å². The largest absolute Gasteiger partial charge is 0.276 e. The average Bonchev–Trinajstić information content (AvgIpc) is 3.58. The zero-order valence-corrected chi connectivity index (χ0v) is 18.8. The second-order valence-corrected chi connectivity index (χ2v) is 9.70. The minimum atomic E-state index is 0.891. The topological polar surface area (TPSA) is 43.1 Å². The number of pyridine rings is 3. The first-order chi connectivity index (χ1) is 17.3. The van der Waals surface area contributed by atoms with Crippen molar-refractivity contribution in [2.45, 2.75) is 12.8 Å². The van der Waals surface area contributed by atoms with E-state index in [4.69, 9.17) is 9.97 Å². The van der Waals surface area contributed by atoms with Crippen LogP contribution < -0.4 is 0 Å². The maximum absolute atomic E-state index is 5.02. The number of hydrogen-bond donors (Lipinski definition) is 0. The van der Waals surface area contributed by atoms with Crippen molar-refractivity contribution in [3.63, 3.8) is 0 Å². The molecule has 3 aromatic carbocycles. The molecule has 9 rings (SSSR count). The Bertz CT molecular complexity index is 2070. The van der Waals surface area contributed by atoms with E-state index in [1.54, 1.807) is 0 Å². The standard InChI is InChI=1S/C31H18N4/c1-2-5-20-17(4-1)12-18-7-8-21-23-15-26-24(13-19(23)14-25(21)29(18)20)22-6-3-10-33-30(22)35-28-9-11-32-16-27(28)34-31(26)35/h1-11,13,15-16H,12,14H2. The van der Waals surface area contributed by atoms with Gasteiger partial charge in [0.1, 0.15) is 16.8 Å². The van der Waals surface area contributed by atoms with Crippen molar-refractivity contribution in [1.29, 1.82) is 0 Å². The Morgan fingerprint density at radius 1 is 0.657 bits per heavy atom. The second kappa shape index (κ2) is 6.10. The van der Waals surface area contributed by atoms with E-state index in [9.17, 15) is 0 Å². The van der Waals surface area contributed by atoms with Crippen molar-refractivity contribution < 1.29 is 0 Å². The molecule has 0 atom stereocenters. The van der Waals surface area contributed by atoms with Crippen LogP contribution in [0.25, 0.3) is 60.7 Å². The molecule has 0 bridgehead atoms. The summed E-state index contributed by atoms with van der Waals surface area (Å²) in [5.41, 5.74) is 15.1. The van der Waals surface area contributed by atoms with Crippen molar-refractivity contribution >= 4 is 38.5 Å². The molecule has 0 radical (unpaired) electrons. The number of nitrogens with zero attached hydrogens (tertiary/aromatic N) is 4. The maximum atomic E-state index is 5.02. The highest BCUT2D eigenvalue weighted by Gasteiger charge is 2.29. The van der Waals surface area contributed by atoms with Gasteiger partial charge in [-0.3, -0.25) is 9.38 Å². The van der Waals surface area contributed by atoms with Crippen molar-refractivity contribution in [2.75, 3.05) is 0 Å². The predicted octanol–water partition coefficient (Wildman–Crippen LogP) is 6.73. The molecule has 4 heteroatoms. The number of hydrogen-bond acceptors (Lipinski definition) is 3. The summed E-state index contributed by atoms with van der Waals surface area (Å²) in [6.07, 6.45) is 7.53. The van der Waals surface area contributed by atoms with E-state index in [2.05, 4.69) is 64.0 Å². The van der Waals surface area contributed by atoms with E-state index < -0.39 is 0 Å². The average molecular weight is 447 g/mol. The highest BCUT2D eigenvalue weighted by atomic mass is 15.1. The molecular formula is C31H18N4. The van der Waals surface area contributed by atoms with E-state index in [0.717, 1.165) is 45.9 Å². The molecule has 0 amide bonds. The van der Waals surface area contributed by atoms with Gasteiger partial charge >= 0.3 is 0 Å². The normalized spacial score (nSPS) is 13.5. The summed E-state index contributed by atoms with van der Waals surface area (Å²) in [4.78, 5) is 14.1. The van der Waals surface area contributed by atoms with Crippen LogP contribution in [0.1, 0.15) is 22.3 Å². The lowest BCUT2D eigenvalue weighted by Gasteiger charge is -2.11. The SMILES string of the molecule is c1ccc2c(c1)Cc1ccc3c(c1-2)Cc1cc2c4cccnc4n4c5ccncc5nc4c2cc1-3. The van der Waals surface area contributed by atoms with Crippen LogP contribution in [0.15, 0.2) is 85.3 Å². The van der Waals surface area contributed by atoms with Gasteiger partial charge in [0.2, 0.25) is 0 Å². The Kier molecular flexibility index (Phi) is 3.11. The molecule has 0 saturated heterocycles. The number of aromatic nitrogens is 4. The minimum absolute atomic E-state index is 0.891. The first kappa shape index (κ1) is 17.8. The lowest BCUT2D eigenvalue weighted by atomic mass is 9.95. The summed E-state index contributed by atoms with van der Waals surface area (Å²) in [7, 11) is 0. The molecule has 0 saturated carbocycles.